The average Bonchev–Trinajstić information content (AvgIpc) is 2.69. The lowest BCUT2D eigenvalue weighted by atomic mass is 10.2. The van der Waals surface area contributed by atoms with Crippen LogP contribution in [0.15, 0.2) is 42.5 Å². The first-order valence-corrected chi connectivity index (χ1v) is 9.04. The van der Waals surface area contributed by atoms with Gasteiger partial charge in [0.05, 0.1) is 12.0 Å². The van der Waals surface area contributed by atoms with Crippen LogP contribution in [0.25, 0.3) is 0 Å². The smallest absolute Gasteiger partial charge is 0.269 e. The standard InChI is InChI=1S/C20H25N3O5/c1-5-22(6-2)14(3)28-19-13-16(9-12-18(19)27-4)21-20(24)15-7-10-17(11-8-15)23(25)26/h7-14H,5-6H2,1-4H3,(H,21,24). The number of carbonyl (C=O) groups excluding carboxylic acids is 1. The van der Waals surface area contributed by atoms with Crippen LogP contribution in [0.2, 0.25) is 0 Å². The highest BCUT2D eigenvalue weighted by Gasteiger charge is 2.16. The number of non-ortho nitro benzene ring substituents is 1. The van der Waals surface area contributed by atoms with Crippen LogP contribution in [0.3, 0.4) is 0 Å². The number of hydrogen-bond acceptors (Lipinski definition) is 6. The second-order valence-corrected chi connectivity index (χ2v) is 6.06. The van der Waals surface area contributed by atoms with Gasteiger partial charge in [-0.15, -0.1) is 0 Å². The lowest BCUT2D eigenvalue weighted by Gasteiger charge is -2.27. The molecule has 0 saturated heterocycles. The number of nitrogens with zero attached hydrogens (tertiary/aromatic N) is 2. The summed E-state index contributed by atoms with van der Waals surface area (Å²) in [7, 11) is 1.55. The van der Waals surface area contributed by atoms with Gasteiger partial charge in [-0.2, -0.15) is 0 Å². The highest BCUT2D eigenvalue weighted by molar-refractivity contribution is 6.04. The minimum atomic E-state index is -0.508. The molecule has 0 bridgehead atoms. The molecule has 0 fully saturated rings. The summed E-state index contributed by atoms with van der Waals surface area (Å²) in [5, 5.41) is 13.5. The number of ether oxygens (including phenoxy) is 2. The number of methoxy groups -OCH3 is 1. The largest absolute Gasteiger partial charge is 0.493 e. The van der Waals surface area contributed by atoms with Crippen LogP contribution in [-0.2, 0) is 0 Å². The molecule has 0 aliphatic rings. The lowest BCUT2D eigenvalue weighted by molar-refractivity contribution is -0.384. The van der Waals surface area contributed by atoms with Gasteiger partial charge in [0, 0.05) is 29.4 Å². The molecule has 0 aliphatic heterocycles. The Morgan fingerprint density at radius 2 is 1.79 bits per heavy atom. The molecular weight excluding hydrogens is 362 g/mol. The predicted molar refractivity (Wildman–Crippen MR) is 107 cm³/mol. The van der Waals surface area contributed by atoms with Crippen LogP contribution in [0.5, 0.6) is 11.5 Å². The third-order valence-corrected chi connectivity index (χ3v) is 4.39. The third kappa shape index (κ3) is 5.20. The van der Waals surface area contributed by atoms with Crippen molar-refractivity contribution in [3.05, 3.63) is 58.1 Å². The third-order valence-electron chi connectivity index (χ3n) is 4.39. The molecular formula is C20H25N3O5. The van der Waals surface area contributed by atoms with E-state index >= 15 is 0 Å². The summed E-state index contributed by atoms with van der Waals surface area (Å²) in [6.45, 7) is 7.75. The van der Waals surface area contributed by atoms with Crippen molar-refractivity contribution in [2.45, 2.75) is 27.0 Å². The second-order valence-electron chi connectivity index (χ2n) is 6.06. The molecule has 28 heavy (non-hydrogen) atoms. The fraction of sp³-hybridized carbons (Fsp3) is 0.350. The normalized spacial score (nSPS) is 11.8. The molecule has 0 aromatic heterocycles. The van der Waals surface area contributed by atoms with Gasteiger partial charge in [0.2, 0.25) is 0 Å². The van der Waals surface area contributed by atoms with Gasteiger partial charge in [-0.25, -0.2) is 0 Å². The molecule has 1 unspecified atom stereocenters. The summed E-state index contributed by atoms with van der Waals surface area (Å²) >= 11 is 0. The lowest BCUT2D eigenvalue weighted by Crippen LogP contribution is -2.36. The summed E-state index contributed by atoms with van der Waals surface area (Å²) in [4.78, 5) is 24.8. The molecule has 2 aromatic carbocycles. The molecule has 1 N–H and O–H groups in total. The van der Waals surface area contributed by atoms with Gasteiger partial charge in [0.15, 0.2) is 11.5 Å². The fourth-order valence-corrected chi connectivity index (χ4v) is 2.78. The molecule has 150 valence electrons. The molecule has 1 amide bonds. The molecule has 0 aliphatic carbocycles. The van der Waals surface area contributed by atoms with E-state index in [-0.39, 0.29) is 17.8 Å². The van der Waals surface area contributed by atoms with Crippen molar-refractivity contribution in [1.29, 1.82) is 0 Å². The number of nitro benzene ring substituents is 1. The van der Waals surface area contributed by atoms with Crippen molar-refractivity contribution in [3.8, 4) is 11.5 Å². The summed E-state index contributed by atoms with van der Waals surface area (Å²) in [5.74, 6) is 0.707. The Kier molecular flexibility index (Phi) is 7.34. The first-order valence-electron chi connectivity index (χ1n) is 9.04. The van der Waals surface area contributed by atoms with Crippen LogP contribution < -0.4 is 14.8 Å². The van der Waals surface area contributed by atoms with Crippen LogP contribution >= 0.6 is 0 Å². The fourth-order valence-electron chi connectivity index (χ4n) is 2.78. The molecule has 1 atom stereocenters. The molecule has 2 aromatic rings. The number of amides is 1. The number of hydrogen-bond donors (Lipinski definition) is 1. The Labute approximate surface area is 164 Å². The molecule has 0 heterocycles. The highest BCUT2D eigenvalue weighted by Crippen LogP contribution is 2.31. The van der Waals surface area contributed by atoms with E-state index in [9.17, 15) is 14.9 Å². The molecule has 8 nitrogen and oxygen atoms in total. The topological polar surface area (TPSA) is 93.9 Å². The van der Waals surface area contributed by atoms with E-state index < -0.39 is 4.92 Å². The van der Waals surface area contributed by atoms with Crippen LogP contribution in [0, 0.1) is 10.1 Å². The van der Waals surface area contributed by atoms with Gasteiger partial charge in [-0.1, -0.05) is 13.8 Å². The Morgan fingerprint density at radius 1 is 1.14 bits per heavy atom. The van der Waals surface area contributed by atoms with Crippen LogP contribution in [-0.4, -0.2) is 42.2 Å². The van der Waals surface area contributed by atoms with Crippen molar-refractivity contribution in [1.82, 2.24) is 4.90 Å². The molecule has 0 spiro atoms. The van der Waals surface area contributed by atoms with E-state index in [4.69, 9.17) is 9.47 Å². The molecule has 8 heteroatoms. The summed E-state index contributed by atoms with van der Waals surface area (Å²) in [6.07, 6.45) is -0.162. The number of nitro groups is 1. The number of carbonyl (C=O) groups is 1. The Balaban J connectivity index is 2.17. The van der Waals surface area contributed by atoms with E-state index in [0.29, 0.717) is 22.7 Å². The Morgan fingerprint density at radius 3 is 2.32 bits per heavy atom. The summed E-state index contributed by atoms with van der Waals surface area (Å²) in [6, 6.07) is 10.5. The van der Waals surface area contributed by atoms with Gasteiger partial charge in [0.1, 0.15) is 6.23 Å². The van der Waals surface area contributed by atoms with Crippen molar-refractivity contribution in [2.24, 2.45) is 0 Å². The predicted octanol–water partition coefficient (Wildman–Crippen LogP) is 3.92. The van der Waals surface area contributed by atoms with Gasteiger partial charge < -0.3 is 14.8 Å². The van der Waals surface area contributed by atoms with Crippen molar-refractivity contribution in [2.75, 3.05) is 25.5 Å². The maximum atomic E-state index is 12.4. The number of rotatable bonds is 9. The zero-order chi connectivity index (χ0) is 20.7. The monoisotopic (exact) mass is 387 g/mol. The molecule has 0 saturated carbocycles. The SMILES string of the molecule is CCN(CC)C(C)Oc1cc(NC(=O)c2ccc([N+](=O)[O-])cc2)ccc1OC. The quantitative estimate of drug-likeness (QED) is 0.398. The Hall–Kier alpha value is -3.13. The maximum Gasteiger partial charge on any atom is 0.269 e. The number of anilines is 1. The molecule has 2 rings (SSSR count). The van der Waals surface area contributed by atoms with Crippen LogP contribution in [0.4, 0.5) is 11.4 Å². The minimum absolute atomic E-state index is 0.0675. The van der Waals surface area contributed by atoms with Crippen molar-refractivity contribution in [3.63, 3.8) is 0 Å². The van der Waals surface area contributed by atoms with Gasteiger partial charge in [0.25, 0.3) is 11.6 Å². The first-order chi connectivity index (χ1) is 13.4. The van der Waals surface area contributed by atoms with E-state index in [1.165, 1.54) is 24.3 Å². The van der Waals surface area contributed by atoms with E-state index in [0.717, 1.165) is 13.1 Å². The second kappa shape index (κ2) is 9.70. The maximum absolute atomic E-state index is 12.4. The summed E-state index contributed by atoms with van der Waals surface area (Å²) in [5.41, 5.74) is 0.786. The van der Waals surface area contributed by atoms with Gasteiger partial charge >= 0.3 is 0 Å². The van der Waals surface area contributed by atoms with E-state index in [2.05, 4.69) is 24.1 Å². The molecule has 0 radical (unpaired) electrons. The highest BCUT2D eigenvalue weighted by atomic mass is 16.6. The number of nitrogens with one attached hydrogen (secondary N) is 1. The first kappa shape index (κ1) is 21.2. The summed E-state index contributed by atoms with van der Waals surface area (Å²) < 4.78 is 11.4. The van der Waals surface area contributed by atoms with E-state index in [1.54, 1.807) is 25.3 Å². The average molecular weight is 387 g/mol. The number of benzene rings is 2. The van der Waals surface area contributed by atoms with E-state index in [1.807, 2.05) is 6.92 Å². The van der Waals surface area contributed by atoms with Crippen molar-refractivity contribution < 1.29 is 19.2 Å². The zero-order valence-corrected chi connectivity index (χ0v) is 16.5. The van der Waals surface area contributed by atoms with Crippen molar-refractivity contribution >= 4 is 17.3 Å². The van der Waals surface area contributed by atoms with Crippen LogP contribution in [0.1, 0.15) is 31.1 Å². The van der Waals surface area contributed by atoms with Gasteiger partial charge in [-0.3, -0.25) is 19.8 Å². The van der Waals surface area contributed by atoms with Gasteiger partial charge in [-0.05, 0) is 44.3 Å². The minimum Gasteiger partial charge on any atom is -0.493 e. The Bertz CT molecular complexity index is 819. The zero-order valence-electron chi connectivity index (χ0n) is 16.5.